The molecule has 2 aromatic heterocycles. The van der Waals surface area contributed by atoms with Gasteiger partial charge in [0.1, 0.15) is 0 Å². The van der Waals surface area contributed by atoms with Crippen LogP contribution in [0.2, 0.25) is 0 Å². The van der Waals surface area contributed by atoms with E-state index < -0.39 is 0 Å². The van der Waals surface area contributed by atoms with Crippen molar-refractivity contribution in [3.8, 4) is 11.5 Å². The van der Waals surface area contributed by atoms with Gasteiger partial charge in [0.2, 0.25) is 5.89 Å². The Morgan fingerprint density at radius 2 is 2.05 bits per heavy atom. The van der Waals surface area contributed by atoms with Gasteiger partial charge >= 0.3 is 0 Å². The summed E-state index contributed by atoms with van der Waals surface area (Å²) in [5.74, 6) is 1.36. The smallest absolute Gasteiger partial charge is 0.277 e. The van der Waals surface area contributed by atoms with E-state index in [9.17, 15) is 0 Å². The molecule has 0 unspecified atom stereocenters. The number of pyridine rings is 1. The Morgan fingerprint density at radius 3 is 2.86 bits per heavy atom. The predicted octanol–water partition coefficient (Wildman–Crippen LogP) is 4.04. The zero-order chi connectivity index (χ0) is 14.7. The van der Waals surface area contributed by atoms with E-state index in [1.807, 2.05) is 13.0 Å². The van der Waals surface area contributed by atoms with Gasteiger partial charge in [-0.1, -0.05) is 41.6 Å². The molecule has 0 atom stereocenters. The minimum absolute atomic E-state index is 0.543. The quantitative estimate of drug-likeness (QED) is 0.680. The van der Waals surface area contributed by atoms with Crippen LogP contribution in [0, 0.1) is 13.8 Å². The van der Waals surface area contributed by atoms with Crippen molar-refractivity contribution in [1.29, 1.82) is 0 Å². The first-order valence-electron chi connectivity index (χ1n) is 6.65. The van der Waals surface area contributed by atoms with Crippen LogP contribution >= 0.6 is 11.8 Å². The van der Waals surface area contributed by atoms with Crippen LogP contribution in [0.25, 0.3) is 11.5 Å². The molecule has 0 saturated heterocycles. The molecular weight excluding hydrogens is 282 g/mol. The predicted molar refractivity (Wildman–Crippen MR) is 83.0 cm³/mol. The number of hydrogen-bond donors (Lipinski definition) is 0. The maximum Gasteiger partial charge on any atom is 0.277 e. The van der Waals surface area contributed by atoms with Gasteiger partial charge < -0.3 is 4.42 Å². The minimum atomic E-state index is 0.543. The van der Waals surface area contributed by atoms with Crippen LogP contribution in [0.1, 0.15) is 16.7 Å². The lowest BCUT2D eigenvalue weighted by atomic mass is 10.2. The molecule has 3 aromatic rings. The van der Waals surface area contributed by atoms with Gasteiger partial charge in [0, 0.05) is 23.7 Å². The summed E-state index contributed by atoms with van der Waals surface area (Å²) in [7, 11) is 0. The lowest BCUT2D eigenvalue weighted by Gasteiger charge is -2.00. The van der Waals surface area contributed by atoms with E-state index in [0.717, 1.165) is 16.9 Å². The minimum Gasteiger partial charge on any atom is -0.411 e. The molecule has 1 aromatic carbocycles. The van der Waals surface area contributed by atoms with Crippen LogP contribution in [0.3, 0.4) is 0 Å². The zero-order valence-corrected chi connectivity index (χ0v) is 12.7. The number of thioether (sulfide) groups is 1. The van der Waals surface area contributed by atoms with E-state index in [-0.39, 0.29) is 0 Å². The molecule has 0 fully saturated rings. The Labute approximate surface area is 127 Å². The molecular formula is C16H15N3OS. The van der Waals surface area contributed by atoms with Crippen molar-refractivity contribution in [3.63, 3.8) is 0 Å². The Bertz CT molecular complexity index is 755. The van der Waals surface area contributed by atoms with Crippen LogP contribution in [-0.2, 0) is 5.75 Å². The molecule has 2 heterocycles. The second kappa shape index (κ2) is 6.10. The summed E-state index contributed by atoms with van der Waals surface area (Å²) in [6.45, 7) is 4.07. The fourth-order valence-corrected chi connectivity index (χ4v) is 2.74. The molecule has 0 N–H and O–H groups in total. The summed E-state index contributed by atoms with van der Waals surface area (Å²) in [5, 5.41) is 8.79. The Hall–Kier alpha value is -2.14. The third-order valence-electron chi connectivity index (χ3n) is 3.10. The van der Waals surface area contributed by atoms with Crippen molar-refractivity contribution in [1.82, 2.24) is 15.2 Å². The van der Waals surface area contributed by atoms with Crippen LogP contribution in [0.4, 0.5) is 0 Å². The molecule has 0 aliphatic carbocycles. The number of rotatable bonds is 4. The lowest BCUT2D eigenvalue weighted by molar-refractivity contribution is 0.465. The summed E-state index contributed by atoms with van der Waals surface area (Å²) in [6.07, 6.45) is 3.52. The highest BCUT2D eigenvalue weighted by Crippen LogP contribution is 2.27. The topological polar surface area (TPSA) is 51.8 Å². The largest absolute Gasteiger partial charge is 0.411 e. The SMILES string of the molecule is Cc1cccc(CSc2nnc(-c3ccncc3C)o2)c1. The summed E-state index contributed by atoms with van der Waals surface area (Å²) in [5.41, 5.74) is 4.46. The van der Waals surface area contributed by atoms with Crippen molar-refractivity contribution in [3.05, 3.63) is 59.4 Å². The van der Waals surface area contributed by atoms with Gasteiger partial charge in [-0.15, -0.1) is 10.2 Å². The van der Waals surface area contributed by atoms with Crippen molar-refractivity contribution < 1.29 is 4.42 Å². The summed E-state index contributed by atoms with van der Waals surface area (Å²) in [6, 6.07) is 10.3. The van der Waals surface area contributed by atoms with Gasteiger partial charge in [-0.2, -0.15) is 0 Å². The first-order chi connectivity index (χ1) is 10.2. The highest BCUT2D eigenvalue weighted by molar-refractivity contribution is 7.98. The normalized spacial score (nSPS) is 10.8. The molecule has 0 aliphatic rings. The highest BCUT2D eigenvalue weighted by Gasteiger charge is 2.11. The van der Waals surface area contributed by atoms with Crippen LogP contribution in [0.5, 0.6) is 0 Å². The fraction of sp³-hybridized carbons (Fsp3) is 0.188. The number of nitrogens with zero attached hydrogens (tertiary/aromatic N) is 3. The third kappa shape index (κ3) is 3.31. The van der Waals surface area contributed by atoms with E-state index in [4.69, 9.17) is 4.42 Å². The fourth-order valence-electron chi connectivity index (χ4n) is 2.04. The summed E-state index contributed by atoms with van der Waals surface area (Å²) >= 11 is 1.55. The zero-order valence-electron chi connectivity index (χ0n) is 11.9. The summed E-state index contributed by atoms with van der Waals surface area (Å²) in [4.78, 5) is 4.07. The van der Waals surface area contributed by atoms with E-state index in [1.165, 1.54) is 11.1 Å². The standard InChI is InChI=1S/C16H15N3OS/c1-11-4-3-5-13(8-11)10-21-16-19-18-15(20-16)14-6-7-17-9-12(14)2/h3-9H,10H2,1-2H3. The molecule has 0 saturated carbocycles. The Morgan fingerprint density at radius 1 is 1.14 bits per heavy atom. The van der Waals surface area contributed by atoms with Crippen molar-refractivity contribution in [2.45, 2.75) is 24.8 Å². The average molecular weight is 297 g/mol. The van der Waals surface area contributed by atoms with Crippen molar-refractivity contribution >= 4 is 11.8 Å². The van der Waals surface area contributed by atoms with E-state index in [2.05, 4.69) is 46.4 Å². The Balaban J connectivity index is 1.72. The van der Waals surface area contributed by atoms with Gasteiger partial charge in [-0.3, -0.25) is 4.98 Å². The molecule has 21 heavy (non-hydrogen) atoms. The van der Waals surface area contributed by atoms with Gasteiger partial charge in [0.25, 0.3) is 5.22 Å². The van der Waals surface area contributed by atoms with Crippen molar-refractivity contribution in [2.24, 2.45) is 0 Å². The monoisotopic (exact) mass is 297 g/mol. The maximum atomic E-state index is 5.72. The molecule has 4 nitrogen and oxygen atoms in total. The average Bonchev–Trinajstić information content (AvgIpc) is 2.94. The van der Waals surface area contributed by atoms with Gasteiger partial charge in [0.15, 0.2) is 0 Å². The summed E-state index contributed by atoms with van der Waals surface area (Å²) < 4.78 is 5.72. The van der Waals surface area contributed by atoms with E-state index >= 15 is 0 Å². The second-order valence-electron chi connectivity index (χ2n) is 4.84. The molecule has 0 radical (unpaired) electrons. The molecule has 0 amide bonds. The van der Waals surface area contributed by atoms with Crippen LogP contribution in [-0.4, -0.2) is 15.2 Å². The first-order valence-corrected chi connectivity index (χ1v) is 7.64. The number of hydrogen-bond acceptors (Lipinski definition) is 5. The van der Waals surface area contributed by atoms with E-state index in [1.54, 1.807) is 24.2 Å². The Kier molecular flexibility index (Phi) is 4.01. The van der Waals surface area contributed by atoms with Gasteiger partial charge in [0.05, 0.1) is 0 Å². The number of benzene rings is 1. The second-order valence-corrected chi connectivity index (χ2v) is 5.77. The maximum absolute atomic E-state index is 5.72. The highest BCUT2D eigenvalue weighted by atomic mass is 32.2. The molecule has 0 aliphatic heterocycles. The van der Waals surface area contributed by atoms with Gasteiger partial charge in [-0.25, -0.2) is 0 Å². The number of aromatic nitrogens is 3. The third-order valence-corrected chi connectivity index (χ3v) is 3.99. The molecule has 3 rings (SSSR count). The van der Waals surface area contributed by atoms with Crippen LogP contribution < -0.4 is 0 Å². The number of aryl methyl sites for hydroxylation is 2. The first kappa shape index (κ1) is 13.8. The van der Waals surface area contributed by atoms with Gasteiger partial charge in [-0.05, 0) is 31.0 Å². The molecule has 0 bridgehead atoms. The van der Waals surface area contributed by atoms with Crippen LogP contribution in [0.15, 0.2) is 52.4 Å². The molecule has 106 valence electrons. The molecule has 0 spiro atoms. The van der Waals surface area contributed by atoms with E-state index in [0.29, 0.717) is 11.1 Å². The molecule has 5 heteroatoms. The van der Waals surface area contributed by atoms with Crippen molar-refractivity contribution in [2.75, 3.05) is 0 Å². The lowest BCUT2D eigenvalue weighted by Crippen LogP contribution is -1.84.